The van der Waals surface area contributed by atoms with Crippen molar-refractivity contribution < 1.29 is 19.1 Å². The number of aliphatic hydroxyl groups is 1. The minimum absolute atomic E-state index is 0.0337. The largest absolute Gasteiger partial charge is 0.396 e. The van der Waals surface area contributed by atoms with Crippen molar-refractivity contribution in [2.24, 2.45) is 5.92 Å². The van der Waals surface area contributed by atoms with E-state index < -0.39 is 11.7 Å². The van der Waals surface area contributed by atoms with E-state index in [9.17, 15) is 19.1 Å². The van der Waals surface area contributed by atoms with E-state index in [-0.39, 0.29) is 36.6 Å². The third kappa shape index (κ3) is 4.26. The third-order valence-corrected chi connectivity index (χ3v) is 3.74. The van der Waals surface area contributed by atoms with Gasteiger partial charge in [0.15, 0.2) is 0 Å². The number of amides is 2. The summed E-state index contributed by atoms with van der Waals surface area (Å²) in [5.41, 5.74) is 0.178. The summed E-state index contributed by atoms with van der Waals surface area (Å²) in [5.74, 6) is -1.20. The van der Waals surface area contributed by atoms with E-state index in [1.807, 2.05) is 0 Å². The van der Waals surface area contributed by atoms with E-state index in [1.165, 1.54) is 18.2 Å². The second-order valence-corrected chi connectivity index (χ2v) is 5.24. The van der Waals surface area contributed by atoms with Crippen LogP contribution in [0.25, 0.3) is 0 Å². The zero-order chi connectivity index (χ0) is 15.2. The van der Waals surface area contributed by atoms with Gasteiger partial charge in [-0.2, -0.15) is 0 Å². The average molecular weight is 294 g/mol. The number of benzene rings is 1. The van der Waals surface area contributed by atoms with Crippen molar-refractivity contribution >= 4 is 11.8 Å². The summed E-state index contributed by atoms with van der Waals surface area (Å²) >= 11 is 0. The van der Waals surface area contributed by atoms with Crippen molar-refractivity contribution in [3.63, 3.8) is 0 Å². The molecule has 2 atom stereocenters. The molecule has 2 unspecified atom stereocenters. The fraction of sp³-hybridized carbons (Fsp3) is 0.467. The average Bonchev–Trinajstić information content (AvgIpc) is 2.92. The predicted octanol–water partition coefficient (Wildman–Crippen LogP) is 0.833. The second kappa shape index (κ2) is 7.17. The van der Waals surface area contributed by atoms with Gasteiger partial charge in [0.25, 0.3) is 5.91 Å². The van der Waals surface area contributed by atoms with Gasteiger partial charge >= 0.3 is 0 Å². The predicted molar refractivity (Wildman–Crippen MR) is 75.1 cm³/mol. The highest BCUT2D eigenvalue weighted by atomic mass is 19.1. The summed E-state index contributed by atoms with van der Waals surface area (Å²) in [6, 6.07) is 5.25. The molecule has 1 fully saturated rings. The van der Waals surface area contributed by atoms with Gasteiger partial charge in [-0.1, -0.05) is 12.5 Å². The smallest absolute Gasteiger partial charge is 0.251 e. The quantitative estimate of drug-likeness (QED) is 0.753. The third-order valence-electron chi connectivity index (χ3n) is 3.74. The molecule has 0 saturated heterocycles. The van der Waals surface area contributed by atoms with E-state index in [1.54, 1.807) is 0 Å². The molecule has 1 aliphatic rings. The first kappa shape index (κ1) is 15.4. The zero-order valence-electron chi connectivity index (χ0n) is 11.6. The highest BCUT2D eigenvalue weighted by Crippen LogP contribution is 2.24. The van der Waals surface area contributed by atoms with Gasteiger partial charge in [0.1, 0.15) is 5.82 Å². The molecule has 0 radical (unpaired) electrons. The van der Waals surface area contributed by atoms with Crippen LogP contribution in [-0.2, 0) is 4.79 Å². The van der Waals surface area contributed by atoms with E-state index in [0.29, 0.717) is 0 Å². The first-order valence-corrected chi connectivity index (χ1v) is 7.04. The summed E-state index contributed by atoms with van der Waals surface area (Å²) in [6.07, 6.45) is 2.72. The molecule has 1 aliphatic carbocycles. The minimum atomic E-state index is -0.496. The molecule has 6 heteroatoms. The Morgan fingerprint density at radius 2 is 2.14 bits per heavy atom. The lowest BCUT2D eigenvalue weighted by atomic mass is 10.1. The van der Waals surface area contributed by atoms with Crippen LogP contribution in [0.5, 0.6) is 0 Å². The molecule has 0 spiro atoms. The summed E-state index contributed by atoms with van der Waals surface area (Å²) in [7, 11) is 0. The number of rotatable bonds is 5. The summed E-state index contributed by atoms with van der Waals surface area (Å²) in [5, 5.41) is 14.4. The molecule has 1 aromatic rings. The molecule has 5 nitrogen and oxygen atoms in total. The number of carbonyl (C=O) groups is 2. The summed E-state index contributed by atoms with van der Waals surface area (Å²) in [4.78, 5) is 23.5. The van der Waals surface area contributed by atoms with E-state index in [2.05, 4.69) is 10.6 Å². The van der Waals surface area contributed by atoms with Gasteiger partial charge in [0.05, 0.1) is 6.54 Å². The van der Waals surface area contributed by atoms with Crippen LogP contribution in [0, 0.1) is 11.7 Å². The van der Waals surface area contributed by atoms with Crippen LogP contribution in [0.4, 0.5) is 4.39 Å². The molecule has 3 N–H and O–H groups in total. The topological polar surface area (TPSA) is 78.4 Å². The molecule has 114 valence electrons. The SMILES string of the molecule is O=C(CNC(=O)c1cccc(F)c1)NC1CCCC1CO. The summed E-state index contributed by atoms with van der Waals surface area (Å²) in [6.45, 7) is -0.107. The minimum Gasteiger partial charge on any atom is -0.396 e. The lowest BCUT2D eigenvalue weighted by Crippen LogP contribution is -2.44. The van der Waals surface area contributed by atoms with Crippen molar-refractivity contribution in [3.8, 4) is 0 Å². The first-order valence-electron chi connectivity index (χ1n) is 7.04. The van der Waals surface area contributed by atoms with E-state index >= 15 is 0 Å². The Kier molecular flexibility index (Phi) is 5.27. The van der Waals surface area contributed by atoms with Crippen LogP contribution in [-0.4, -0.2) is 36.1 Å². The normalized spacial score (nSPS) is 21.0. The maximum atomic E-state index is 13.0. The molecule has 2 amide bonds. The molecule has 0 aromatic heterocycles. The van der Waals surface area contributed by atoms with Crippen molar-refractivity contribution in [1.29, 1.82) is 0 Å². The molecule has 0 aliphatic heterocycles. The molecule has 21 heavy (non-hydrogen) atoms. The molecule has 0 bridgehead atoms. The fourth-order valence-electron chi connectivity index (χ4n) is 2.60. The maximum absolute atomic E-state index is 13.0. The van der Waals surface area contributed by atoms with Gasteiger partial charge in [0, 0.05) is 24.1 Å². The van der Waals surface area contributed by atoms with Gasteiger partial charge < -0.3 is 15.7 Å². The summed E-state index contributed by atoms with van der Waals surface area (Å²) < 4.78 is 13.0. The van der Waals surface area contributed by atoms with Gasteiger partial charge in [-0.15, -0.1) is 0 Å². The molecule has 1 saturated carbocycles. The van der Waals surface area contributed by atoms with Crippen LogP contribution in [0.15, 0.2) is 24.3 Å². The standard InChI is InChI=1S/C15H19FN2O3/c16-12-5-1-3-10(7-12)15(21)17-8-14(20)18-13-6-2-4-11(13)9-19/h1,3,5,7,11,13,19H,2,4,6,8-9H2,(H,17,21)(H,18,20). The lowest BCUT2D eigenvalue weighted by molar-refractivity contribution is -0.121. The monoisotopic (exact) mass is 294 g/mol. The Bertz CT molecular complexity index is 521. The van der Waals surface area contributed by atoms with Gasteiger partial charge in [-0.05, 0) is 31.0 Å². The Morgan fingerprint density at radius 3 is 2.86 bits per heavy atom. The zero-order valence-corrected chi connectivity index (χ0v) is 11.6. The van der Waals surface area contributed by atoms with Gasteiger partial charge in [-0.25, -0.2) is 4.39 Å². The maximum Gasteiger partial charge on any atom is 0.251 e. The number of carbonyl (C=O) groups excluding carboxylic acids is 2. The Morgan fingerprint density at radius 1 is 1.33 bits per heavy atom. The first-order chi connectivity index (χ1) is 10.1. The fourth-order valence-corrected chi connectivity index (χ4v) is 2.60. The Hall–Kier alpha value is -1.95. The van der Waals surface area contributed by atoms with Crippen molar-refractivity contribution in [3.05, 3.63) is 35.6 Å². The molecule has 0 heterocycles. The Labute approximate surface area is 122 Å². The highest BCUT2D eigenvalue weighted by Gasteiger charge is 2.27. The van der Waals surface area contributed by atoms with Crippen LogP contribution < -0.4 is 10.6 Å². The second-order valence-electron chi connectivity index (χ2n) is 5.24. The lowest BCUT2D eigenvalue weighted by Gasteiger charge is -2.19. The van der Waals surface area contributed by atoms with Crippen LogP contribution in [0.1, 0.15) is 29.6 Å². The number of halogens is 1. The van der Waals surface area contributed by atoms with Crippen molar-refractivity contribution in [1.82, 2.24) is 10.6 Å². The number of hydrogen-bond acceptors (Lipinski definition) is 3. The molecule has 2 rings (SSSR count). The van der Waals surface area contributed by atoms with Crippen LogP contribution in [0.2, 0.25) is 0 Å². The molecular formula is C15H19FN2O3. The van der Waals surface area contributed by atoms with E-state index in [4.69, 9.17) is 0 Å². The van der Waals surface area contributed by atoms with Crippen LogP contribution in [0.3, 0.4) is 0 Å². The van der Waals surface area contributed by atoms with Gasteiger partial charge in [-0.3, -0.25) is 9.59 Å². The van der Waals surface area contributed by atoms with E-state index in [0.717, 1.165) is 25.3 Å². The van der Waals surface area contributed by atoms with Crippen LogP contribution >= 0.6 is 0 Å². The van der Waals surface area contributed by atoms with Gasteiger partial charge in [0.2, 0.25) is 5.91 Å². The Balaban J connectivity index is 1.80. The molecular weight excluding hydrogens is 275 g/mol. The number of aliphatic hydroxyl groups excluding tert-OH is 1. The number of hydrogen-bond donors (Lipinski definition) is 3. The molecule has 1 aromatic carbocycles. The number of nitrogens with one attached hydrogen (secondary N) is 2. The van der Waals surface area contributed by atoms with Crippen molar-refractivity contribution in [2.75, 3.05) is 13.2 Å². The highest BCUT2D eigenvalue weighted by molar-refractivity contribution is 5.96. The van der Waals surface area contributed by atoms with Crippen molar-refractivity contribution in [2.45, 2.75) is 25.3 Å².